The van der Waals surface area contributed by atoms with Crippen LogP contribution in [0.5, 0.6) is 0 Å². The highest BCUT2D eigenvalue weighted by Crippen LogP contribution is 2.27. The smallest absolute Gasteiger partial charge is 0.243 e. The zero-order valence-corrected chi connectivity index (χ0v) is 16.9. The minimum atomic E-state index is -3.45. The summed E-state index contributed by atoms with van der Waals surface area (Å²) in [6.45, 7) is 4.25. The standard InChI is InChI=1S/C17H29N3O3S.ClH/c1-14-5-6-16(13-17(14)19(2)3)24(21,22)20-10-7-15(8-11-20)23-12-4-9-18;/h5-6,13,15H,4,7-12,18H2,1-3H3;1H. The summed E-state index contributed by atoms with van der Waals surface area (Å²) in [6.07, 6.45) is 2.44. The molecule has 0 unspecified atom stereocenters. The van der Waals surface area contributed by atoms with E-state index in [1.54, 1.807) is 16.4 Å². The van der Waals surface area contributed by atoms with Crippen LogP contribution in [0, 0.1) is 6.92 Å². The van der Waals surface area contributed by atoms with E-state index in [1.165, 1.54) is 0 Å². The molecule has 0 saturated carbocycles. The molecule has 1 fully saturated rings. The van der Waals surface area contributed by atoms with Crippen molar-refractivity contribution in [2.24, 2.45) is 5.73 Å². The molecule has 1 aliphatic heterocycles. The van der Waals surface area contributed by atoms with Gasteiger partial charge in [-0.3, -0.25) is 0 Å². The van der Waals surface area contributed by atoms with Gasteiger partial charge in [0.15, 0.2) is 0 Å². The molecule has 0 atom stereocenters. The normalized spacial score (nSPS) is 16.5. The van der Waals surface area contributed by atoms with Crippen molar-refractivity contribution in [2.45, 2.75) is 37.2 Å². The Labute approximate surface area is 157 Å². The van der Waals surface area contributed by atoms with Crippen molar-refractivity contribution in [1.29, 1.82) is 0 Å². The number of aryl methyl sites for hydroxylation is 1. The molecule has 144 valence electrons. The van der Waals surface area contributed by atoms with Crippen molar-refractivity contribution in [2.75, 3.05) is 45.2 Å². The number of halogens is 1. The Morgan fingerprint density at radius 3 is 2.48 bits per heavy atom. The minimum Gasteiger partial charge on any atom is -0.378 e. The molecule has 8 heteroatoms. The summed E-state index contributed by atoms with van der Waals surface area (Å²) in [5.41, 5.74) is 7.45. The molecule has 0 amide bonds. The fourth-order valence-electron chi connectivity index (χ4n) is 2.95. The first kappa shape index (κ1) is 22.2. The second-order valence-corrected chi connectivity index (χ2v) is 8.40. The van der Waals surface area contributed by atoms with E-state index in [2.05, 4.69) is 0 Å². The maximum absolute atomic E-state index is 12.9. The monoisotopic (exact) mass is 391 g/mol. The maximum Gasteiger partial charge on any atom is 0.243 e. The van der Waals surface area contributed by atoms with Gasteiger partial charge in [0.2, 0.25) is 10.0 Å². The lowest BCUT2D eigenvalue weighted by atomic mass is 10.1. The van der Waals surface area contributed by atoms with Gasteiger partial charge in [0, 0.05) is 39.5 Å². The molecule has 0 aromatic heterocycles. The topological polar surface area (TPSA) is 75.9 Å². The molecular weight excluding hydrogens is 362 g/mol. The number of hydrogen-bond donors (Lipinski definition) is 1. The second-order valence-electron chi connectivity index (χ2n) is 6.46. The lowest BCUT2D eigenvalue weighted by Gasteiger charge is -2.31. The van der Waals surface area contributed by atoms with Crippen molar-refractivity contribution < 1.29 is 13.2 Å². The summed E-state index contributed by atoms with van der Waals surface area (Å²) < 4.78 is 33.1. The van der Waals surface area contributed by atoms with Gasteiger partial charge in [0.25, 0.3) is 0 Å². The highest BCUT2D eigenvalue weighted by atomic mass is 35.5. The van der Waals surface area contributed by atoms with Crippen LogP contribution in [-0.2, 0) is 14.8 Å². The number of nitrogens with zero attached hydrogens (tertiary/aromatic N) is 2. The van der Waals surface area contributed by atoms with Crippen molar-refractivity contribution >= 4 is 28.1 Å². The molecular formula is C17H30ClN3O3S. The molecule has 1 aromatic rings. The maximum atomic E-state index is 12.9. The molecule has 6 nitrogen and oxygen atoms in total. The van der Waals surface area contributed by atoms with E-state index in [9.17, 15) is 8.42 Å². The number of benzene rings is 1. The molecule has 25 heavy (non-hydrogen) atoms. The Bertz CT molecular complexity index is 645. The second kappa shape index (κ2) is 9.73. The molecule has 0 aliphatic carbocycles. The van der Waals surface area contributed by atoms with Crippen LogP contribution in [0.3, 0.4) is 0 Å². The van der Waals surface area contributed by atoms with Gasteiger partial charge in [-0.1, -0.05) is 6.07 Å². The number of ether oxygens (including phenoxy) is 1. The van der Waals surface area contributed by atoms with E-state index in [0.29, 0.717) is 31.1 Å². The molecule has 2 rings (SSSR count). The number of hydrogen-bond acceptors (Lipinski definition) is 5. The lowest BCUT2D eigenvalue weighted by molar-refractivity contribution is 0.0209. The third-order valence-corrected chi connectivity index (χ3v) is 6.30. The number of piperidine rings is 1. The van der Waals surface area contributed by atoms with Gasteiger partial charge < -0.3 is 15.4 Å². The Morgan fingerprint density at radius 1 is 1.28 bits per heavy atom. The van der Waals surface area contributed by atoms with E-state index < -0.39 is 10.0 Å². The molecule has 0 radical (unpaired) electrons. The van der Waals surface area contributed by atoms with Gasteiger partial charge in [-0.05, 0) is 50.4 Å². The third kappa shape index (κ3) is 5.56. The fourth-order valence-corrected chi connectivity index (χ4v) is 4.44. The average molecular weight is 392 g/mol. The first-order valence-corrected chi connectivity index (χ1v) is 9.90. The zero-order chi connectivity index (χ0) is 17.7. The molecule has 0 spiro atoms. The molecule has 1 saturated heterocycles. The largest absolute Gasteiger partial charge is 0.378 e. The summed E-state index contributed by atoms with van der Waals surface area (Å²) in [7, 11) is 0.387. The zero-order valence-electron chi connectivity index (χ0n) is 15.3. The van der Waals surface area contributed by atoms with Crippen LogP contribution in [0.15, 0.2) is 23.1 Å². The SMILES string of the molecule is Cc1ccc(S(=O)(=O)N2CCC(OCCCN)CC2)cc1N(C)C.Cl. The third-order valence-electron chi connectivity index (χ3n) is 4.40. The van der Waals surface area contributed by atoms with Crippen molar-refractivity contribution in [3.05, 3.63) is 23.8 Å². The highest BCUT2D eigenvalue weighted by Gasteiger charge is 2.30. The van der Waals surface area contributed by atoms with Crippen molar-refractivity contribution in [3.63, 3.8) is 0 Å². The number of sulfonamides is 1. The summed E-state index contributed by atoms with van der Waals surface area (Å²) >= 11 is 0. The predicted molar refractivity (Wildman–Crippen MR) is 104 cm³/mol. The summed E-state index contributed by atoms with van der Waals surface area (Å²) in [6, 6.07) is 5.32. The number of nitrogens with two attached hydrogens (primary N) is 1. The Kier molecular flexibility index (Phi) is 8.63. The fraction of sp³-hybridized carbons (Fsp3) is 0.647. The Balaban J connectivity index is 0.00000312. The van der Waals surface area contributed by atoms with Crippen LogP contribution in [0.2, 0.25) is 0 Å². The summed E-state index contributed by atoms with van der Waals surface area (Å²) in [5.74, 6) is 0. The van der Waals surface area contributed by atoms with Gasteiger partial charge in [0.1, 0.15) is 0 Å². The van der Waals surface area contributed by atoms with E-state index in [4.69, 9.17) is 10.5 Å². The van der Waals surface area contributed by atoms with Crippen molar-refractivity contribution in [3.8, 4) is 0 Å². The van der Waals surface area contributed by atoms with Gasteiger partial charge in [-0.2, -0.15) is 4.31 Å². The van der Waals surface area contributed by atoms with Crippen LogP contribution in [0.25, 0.3) is 0 Å². The number of anilines is 1. The summed E-state index contributed by atoms with van der Waals surface area (Å²) in [5, 5.41) is 0. The van der Waals surface area contributed by atoms with Gasteiger partial charge in [-0.25, -0.2) is 8.42 Å². The number of rotatable bonds is 7. The van der Waals surface area contributed by atoms with Crippen LogP contribution in [0.4, 0.5) is 5.69 Å². The summed E-state index contributed by atoms with van der Waals surface area (Å²) in [4.78, 5) is 2.30. The lowest BCUT2D eigenvalue weighted by Crippen LogP contribution is -2.41. The Morgan fingerprint density at radius 2 is 1.92 bits per heavy atom. The van der Waals surface area contributed by atoms with Crippen LogP contribution >= 0.6 is 12.4 Å². The predicted octanol–water partition coefficient (Wildman–Crippen LogP) is 2.00. The van der Waals surface area contributed by atoms with E-state index in [-0.39, 0.29) is 18.5 Å². The van der Waals surface area contributed by atoms with Gasteiger partial charge in [0.05, 0.1) is 11.0 Å². The van der Waals surface area contributed by atoms with Gasteiger partial charge in [-0.15, -0.1) is 12.4 Å². The van der Waals surface area contributed by atoms with E-state index >= 15 is 0 Å². The molecule has 1 aliphatic rings. The molecule has 0 bridgehead atoms. The first-order chi connectivity index (χ1) is 11.4. The Hall–Kier alpha value is -0.860. The van der Waals surface area contributed by atoms with E-state index in [0.717, 1.165) is 30.5 Å². The van der Waals surface area contributed by atoms with Crippen LogP contribution < -0.4 is 10.6 Å². The van der Waals surface area contributed by atoms with Crippen LogP contribution in [-0.4, -0.2) is 59.2 Å². The van der Waals surface area contributed by atoms with Crippen LogP contribution in [0.1, 0.15) is 24.8 Å². The highest BCUT2D eigenvalue weighted by molar-refractivity contribution is 7.89. The quantitative estimate of drug-likeness (QED) is 0.719. The van der Waals surface area contributed by atoms with E-state index in [1.807, 2.05) is 32.0 Å². The first-order valence-electron chi connectivity index (χ1n) is 8.46. The molecule has 2 N–H and O–H groups in total. The average Bonchev–Trinajstić information content (AvgIpc) is 2.55. The molecule has 1 aromatic carbocycles. The van der Waals surface area contributed by atoms with Crippen molar-refractivity contribution in [1.82, 2.24) is 4.31 Å². The minimum absolute atomic E-state index is 0. The molecule has 1 heterocycles. The van der Waals surface area contributed by atoms with Gasteiger partial charge >= 0.3 is 0 Å².